The molecule has 1 unspecified atom stereocenters. The van der Waals surface area contributed by atoms with Crippen molar-refractivity contribution in [1.29, 1.82) is 0 Å². The Hall–Kier alpha value is 0.260. The van der Waals surface area contributed by atoms with E-state index in [-0.39, 0.29) is 0 Å². The first kappa shape index (κ1) is 14.7. The summed E-state index contributed by atoms with van der Waals surface area (Å²) in [7, 11) is 0. The third kappa shape index (κ3) is 4.74. The van der Waals surface area contributed by atoms with Crippen molar-refractivity contribution in [1.82, 2.24) is 5.32 Å². The van der Waals surface area contributed by atoms with Gasteiger partial charge in [0, 0.05) is 16.7 Å². The van der Waals surface area contributed by atoms with Crippen LogP contribution in [0.5, 0.6) is 0 Å². The van der Waals surface area contributed by atoms with Crippen LogP contribution in [0.25, 0.3) is 0 Å². The Balaban J connectivity index is 1.54. The summed E-state index contributed by atoms with van der Waals surface area (Å²) in [5.74, 6) is 0. The number of nitrogens with one attached hydrogen (secondary N) is 1. The highest BCUT2D eigenvalue weighted by Gasteiger charge is 2.20. The molecular weight excluding hydrogens is 353 g/mol. The van der Waals surface area contributed by atoms with Gasteiger partial charge in [-0.25, -0.2) is 0 Å². The molecule has 0 aromatic heterocycles. The highest BCUT2D eigenvalue weighted by molar-refractivity contribution is 14.1. The van der Waals surface area contributed by atoms with Gasteiger partial charge < -0.3 is 5.32 Å². The zero-order chi connectivity index (χ0) is 12.6. The lowest BCUT2D eigenvalue weighted by Gasteiger charge is -2.09. The molecular formula is C15H22INS. The Bertz CT molecular complexity index is 331. The van der Waals surface area contributed by atoms with Crippen LogP contribution < -0.4 is 5.32 Å². The van der Waals surface area contributed by atoms with E-state index < -0.39 is 0 Å². The Labute approximate surface area is 129 Å². The molecule has 100 valence electrons. The van der Waals surface area contributed by atoms with Crippen molar-refractivity contribution in [2.45, 2.75) is 42.2 Å². The summed E-state index contributed by atoms with van der Waals surface area (Å²) in [4.78, 5) is 1.49. The van der Waals surface area contributed by atoms with Gasteiger partial charge in [0.05, 0.1) is 0 Å². The minimum absolute atomic E-state index is 0.747. The summed E-state index contributed by atoms with van der Waals surface area (Å²) in [5.41, 5.74) is 1.54. The van der Waals surface area contributed by atoms with Gasteiger partial charge in [-0.15, -0.1) is 11.8 Å². The van der Waals surface area contributed by atoms with Gasteiger partial charge in [-0.3, -0.25) is 0 Å². The van der Waals surface area contributed by atoms with Gasteiger partial charge in [0.25, 0.3) is 0 Å². The number of benzene rings is 1. The molecule has 0 aliphatic carbocycles. The van der Waals surface area contributed by atoms with Gasteiger partial charge in [-0.1, -0.05) is 53.6 Å². The zero-order valence-corrected chi connectivity index (χ0v) is 13.8. The van der Waals surface area contributed by atoms with Crippen LogP contribution in [0.2, 0.25) is 0 Å². The average molecular weight is 375 g/mol. The number of fused-ring (bicyclic) bond motifs is 1. The maximum atomic E-state index is 3.62. The molecule has 0 saturated heterocycles. The predicted molar refractivity (Wildman–Crippen MR) is 90.0 cm³/mol. The SMILES string of the molecule is ICCCCCCNCC1Cc2ccccc2S1. The Morgan fingerprint density at radius 3 is 2.83 bits per heavy atom. The molecule has 1 N–H and O–H groups in total. The van der Waals surface area contributed by atoms with Crippen LogP contribution in [0.1, 0.15) is 31.2 Å². The number of halogens is 1. The maximum Gasteiger partial charge on any atom is 0.0260 e. The monoisotopic (exact) mass is 375 g/mol. The van der Waals surface area contributed by atoms with E-state index >= 15 is 0 Å². The number of thioether (sulfide) groups is 1. The van der Waals surface area contributed by atoms with E-state index in [1.165, 1.54) is 53.5 Å². The lowest BCUT2D eigenvalue weighted by molar-refractivity contribution is 0.594. The molecule has 0 fully saturated rings. The van der Waals surface area contributed by atoms with Gasteiger partial charge in [0.2, 0.25) is 0 Å². The van der Waals surface area contributed by atoms with Crippen LogP contribution >= 0.6 is 34.4 Å². The topological polar surface area (TPSA) is 12.0 Å². The molecule has 1 heterocycles. The highest BCUT2D eigenvalue weighted by Crippen LogP contribution is 2.36. The average Bonchev–Trinajstić information content (AvgIpc) is 2.80. The van der Waals surface area contributed by atoms with E-state index in [9.17, 15) is 0 Å². The zero-order valence-electron chi connectivity index (χ0n) is 10.8. The number of unbranched alkanes of at least 4 members (excludes halogenated alkanes) is 3. The van der Waals surface area contributed by atoms with Gasteiger partial charge in [0.15, 0.2) is 0 Å². The van der Waals surface area contributed by atoms with Crippen molar-refractivity contribution in [2.75, 3.05) is 17.5 Å². The van der Waals surface area contributed by atoms with E-state index in [2.05, 4.69) is 52.2 Å². The van der Waals surface area contributed by atoms with Crippen molar-refractivity contribution in [3.8, 4) is 0 Å². The fraction of sp³-hybridized carbons (Fsp3) is 0.600. The molecule has 0 saturated carbocycles. The van der Waals surface area contributed by atoms with E-state index in [1.54, 1.807) is 0 Å². The van der Waals surface area contributed by atoms with Crippen LogP contribution in [0.15, 0.2) is 29.2 Å². The molecule has 1 aliphatic heterocycles. The summed E-state index contributed by atoms with van der Waals surface area (Å²) in [6, 6.07) is 8.83. The predicted octanol–water partition coefficient (Wildman–Crippen LogP) is 4.29. The van der Waals surface area contributed by atoms with Gasteiger partial charge in [0.1, 0.15) is 0 Å². The molecule has 0 spiro atoms. The first-order valence-corrected chi connectivity index (χ1v) is 9.32. The van der Waals surface area contributed by atoms with Crippen molar-refractivity contribution in [2.24, 2.45) is 0 Å². The highest BCUT2D eigenvalue weighted by atomic mass is 127. The number of alkyl halides is 1. The van der Waals surface area contributed by atoms with Crippen LogP contribution in [0.3, 0.4) is 0 Å². The molecule has 18 heavy (non-hydrogen) atoms. The van der Waals surface area contributed by atoms with Crippen LogP contribution in [-0.4, -0.2) is 22.8 Å². The Kier molecular flexibility index (Phi) is 6.87. The number of hydrogen-bond donors (Lipinski definition) is 1. The van der Waals surface area contributed by atoms with E-state index in [0.29, 0.717) is 0 Å². The molecule has 0 amide bonds. The molecule has 3 heteroatoms. The second-order valence-electron chi connectivity index (χ2n) is 4.86. The van der Waals surface area contributed by atoms with Gasteiger partial charge in [-0.05, 0) is 41.9 Å². The first-order valence-electron chi connectivity index (χ1n) is 6.91. The smallest absolute Gasteiger partial charge is 0.0260 e. The second-order valence-corrected chi connectivity index (χ2v) is 7.28. The molecule has 2 rings (SSSR count). The normalized spacial score (nSPS) is 17.9. The lowest BCUT2D eigenvalue weighted by atomic mass is 10.1. The van der Waals surface area contributed by atoms with E-state index in [0.717, 1.165) is 11.8 Å². The molecule has 1 aliphatic rings. The van der Waals surface area contributed by atoms with E-state index in [1.807, 2.05) is 11.8 Å². The Morgan fingerprint density at radius 1 is 1.17 bits per heavy atom. The summed E-state index contributed by atoms with van der Waals surface area (Å²) in [6.45, 7) is 2.35. The molecule has 0 radical (unpaired) electrons. The third-order valence-electron chi connectivity index (χ3n) is 3.32. The minimum Gasteiger partial charge on any atom is -0.316 e. The lowest BCUT2D eigenvalue weighted by Crippen LogP contribution is -2.25. The second kappa shape index (κ2) is 8.43. The van der Waals surface area contributed by atoms with Crippen molar-refractivity contribution >= 4 is 34.4 Å². The summed E-state index contributed by atoms with van der Waals surface area (Å²) in [5, 5.41) is 4.36. The fourth-order valence-electron chi connectivity index (χ4n) is 2.33. The largest absolute Gasteiger partial charge is 0.316 e. The third-order valence-corrected chi connectivity index (χ3v) is 5.40. The quantitative estimate of drug-likeness (QED) is 0.413. The molecule has 1 aromatic rings. The van der Waals surface area contributed by atoms with Crippen molar-refractivity contribution < 1.29 is 0 Å². The first-order chi connectivity index (χ1) is 8.90. The summed E-state index contributed by atoms with van der Waals surface area (Å²) >= 11 is 4.51. The molecule has 1 nitrogen and oxygen atoms in total. The van der Waals surface area contributed by atoms with Crippen LogP contribution in [-0.2, 0) is 6.42 Å². The van der Waals surface area contributed by atoms with Crippen LogP contribution in [0.4, 0.5) is 0 Å². The molecule has 1 aromatic carbocycles. The maximum absolute atomic E-state index is 3.62. The summed E-state index contributed by atoms with van der Waals surface area (Å²) < 4.78 is 1.31. The van der Waals surface area contributed by atoms with Crippen LogP contribution in [0, 0.1) is 0 Å². The minimum atomic E-state index is 0.747. The van der Waals surface area contributed by atoms with Crippen molar-refractivity contribution in [3.05, 3.63) is 29.8 Å². The number of rotatable bonds is 8. The number of hydrogen-bond acceptors (Lipinski definition) is 2. The van der Waals surface area contributed by atoms with Gasteiger partial charge >= 0.3 is 0 Å². The summed E-state index contributed by atoms with van der Waals surface area (Å²) in [6.07, 6.45) is 6.74. The van der Waals surface area contributed by atoms with Gasteiger partial charge in [-0.2, -0.15) is 0 Å². The van der Waals surface area contributed by atoms with E-state index in [4.69, 9.17) is 0 Å². The molecule has 1 atom stereocenters. The van der Waals surface area contributed by atoms with Crippen molar-refractivity contribution in [3.63, 3.8) is 0 Å². The Morgan fingerprint density at radius 2 is 2.00 bits per heavy atom. The molecule has 0 bridgehead atoms. The standard InChI is InChI=1S/C15H22INS/c16-9-5-1-2-6-10-17-12-14-11-13-7-3-4-8-15(13)18-14/h3-4,7-8,14,17H,1-2,5-6,9-12H2. The fourth-order valence-corrected chi connectivity index (χ4v) is 4.15.